The molecule has 2 amide bonds. The number of nitrogens with two attached hydrogens (primary N) is 1. The molecule has 1 rings (SSSR count). The second-order valence-corrected chi connectivity index (χ2v) is 6.80. The van der Waals surface area contributed by atoms with Crippen molar-refractivity contribution in [1.82, 2.24) is 10.2 Å². The van der Waals surface area contributed by atoms with Crippen LogP contribution in [0, 0.1) is 0 Å². The van der Waals surface area contributed by atoms with Gasteiger partial charge in [-0.05, 0) is 54.4 Å². The quantitative estimate of drug-likeness (QED) is 0.754. The van der Waals surface area contributed by atoms with Crippen molar-refractivity contribution in [3.63, 3.8) is 0 Å². The second kappa shape index (κ2) is 4.92. The van der Waals surface area contributed by atoms with Gasteiger partial charge in [0.2, 0.25) is 0 Å². The van der Waals surface area contributed by atoms with E-state index in [1.165, 1.54) is 0 Å². The molecule has 0 aromatic rings. The van der Waals surface area contributed by atoms with Gasteiger partial charge in [0.05, 0.1) is 0 Å². The predicted molar refractivity (Wildman–Crippen MR) is 75.2 cm³/mol. The zero-order valence-electron chi connectivity index (χ0n) is 12.5. The molecular formula is C14H27N3O. The first kappa shape index (κ1) is 15.0. The fourth-order valence-electron chi connectivity index (χ4n) is 3.18. The van der Waals surface area contributed by atoms with E-state index in [-0.39, 0.29) is 23.2 Å². The summed E-state index contributed by atoms with van der Waals surface area (Å²) in [5.74, 6) is 0. The first-order valence-corrected chi connectivity index (χ1v) is 6.56. The summed E-state index contributed by atoms with van der Waals surface area (Å²) in [6.07, 6.45) is 3.42. The Morgan fingerprint density at radius 1 is 1.22 bits per heavy atom. The lowest BCUT2D eigenvalue weighted by molar-refractivity contribution is 0.00440. The number of rotatable bonds is 1. The summed E-state index contributed by atoms with van der Waals surface area (Å²) >= 11 is 0. The molecule has 18 heavy (non-hydrogen) atoms. The predicted octanol–water partition coefficient (Wildman–Crippen LogP) is 2.60. The topological polar surface area (TPSA) is 58.4 Å². The number of hydrogen-bond donors (Lipinski definition) is 2. The summed E-state index contributed by atoms with van der Waals surface area (Å²) in [5.41, 5.74) is 6.73. The van der Waals surface area contributed by atoms with Crippen molar-refractivity contribution < 1.29 is 4.79 Å². The van der Waals surface area contributed by atoms with E-state index in [1.807, 2.05) is 18.7 Å². The summed E-state index contributed by atoms with van der Waals surface area (Å²) in [4.78, 5) is 14.3. The SMILES string of the molecule is CC(C)=CNC(=O)N1C(C)(C)CC(N)CC1(C)C. The van der Waals surface area contributed by atoms with Crippen LogP contribution in [0.15, 0.2) is 11.8 Å². The van der Waals surface area contributed by atoms with Gasteiger partial charge in [-0.1, -0.05) is 5.57 Å². The van der Waals surface area contributed by atoms with Gasteiger partial charge in [-0.15, -0.1) is 0 Å². The first-order chi connectivity index (χ1) is 8.06. The fraction of sp³-hybridized carbons (Fsp3) is 0.786. The van der Waals surface area contributed by atoms with E-state index in [0.717, 1.165) is 18.4 Å². The number of hydrogen-bond acceptors (Lipinski definition) is 2. The smallest absolute Gasteiger partial charge is 0.322 e. The van der Waals surface area contributed by atoms with Crippen molar-refractivity contribution in [2.45, 2.75) is 71.5 Å². The number of allylic oxidation sites excluding steroid dienone is 1. The van der Waals surface area contributed by atoms with E-state index >= 15 is 0 Å². The summed E-state index contributed by atoms with van der Waals surface area (Å²) < 4.78 is 0. The molecule has 0 bridgehead atoms. The van der Waals surface area contributed by atoms with E-state index < -0.39 is 0 Å². The van der Waals surface area contributed by atoms with E-state index in [1.54, 1.807) is 6.20 Å². The number of urea groups is 1. The van der Waals surface area contributed by atoms with E-state index in [9.17, 15) is 4.79 Å². The van der Waals surface area contributed by atoms with Crippen LogP contribution >= 0.6 is 0 Å². The number of nitrogens with zero attached hydrogens (tertiary/aromatic N) is 1. The van der Waals surface area contributed by atoms with Crippen LogP contribution in [0.4, 0.5) is 4.79 Å². The Balaban J connectivity index is 2.95. The third kappa shape index (κ3) is 3.25. The maximum absolute atomic E-state index is 12.4. The average molecular weight is 253 g/mol. The molecule has 0 saturated carbocycles. The normalized spacial score (nSPS) is 22.5. The third-order valence-corrected chi connectivity index (χ3v) is 3.42. The van der Waals surface area contributed by atoms with E-state index in [0.29, 0.717) is 0 Å². The number of likely N-dealkylation sites (tertiary alicyclic amines) is 1. The molecule has 1 fully saturated rings. The van der Waals surface area contributed by atoms with Crippen LogP contribution in [0.1, 0.15) is 54.4 Å². The first-order valence-electron chi connectivity index (χ1n) is 6.56. The molecule has 0 unspecified atom stereocenters. The Bertz CT molecular complexity index is 336. The number of nitrogens with one attached hydrogen (secondary N) is 1. The number of carbonyl (C=O) groups excluding carboxylic acids is 1. The molecule has 0 aromatic carbocycles. The molecule has 1 aliphatic rings. The van der Waals surface area contributed by atoms with Crippen LogP contribution in [0.5, 0.6) is 0 Å². The highest BCUT2D eigenvalue weighted by molar-refractivity contribution is 5.77. The lowest BCUT2D eigenvalue weighted by atomic mass is 9.77. The molecule has 0 aromatic heterocycles. The molecule has 1 saturated heterocycles. The van der Waals surface area contributed by atoms with Gasteiger partial charge in [-0.3, -0.25) is 0 Å². The van der Waals surface area contributed by atoms with Crippen LogP contribution in [0.25, 0.3) is 0 Å². The third-order valence-electron chi connectivity index (χ3n) is 3.42. The largest absolute Gasteiger partial charge is 0.328 e. The lowest BCUT2D eigenvalue weighted by Crippen LogP contribution is -2.66. The summed E-state index contributed by atoms with van der Waals surface area (Å²) in [5, 5.41) is 2.86. The highest BCUT2D eigenvalue weighted by Gasteiger charge is 2.46. The Kier molecular flexibility index (Phi) is 4.11. The van der Waals surface area contributed by atoms with Crippen molar-refractivity contribution >= 4 is 6.03 Å². The van der Waals surface area contributed by atoms with Crippen molar-refractivity contribution in [2.75, 3.05) is 0 Å². The number of carbonyl (C=O) groups is 1. The van der Waals surface area contributed by atoms with Gasteiger partial charge in [-0.2, -0.15) is 0 Å². The van der Waals surface area contributed by atoms with Gasteiger partial charge >= 0.3 is 6.03 Å². The zero-order chi connectivity index (χ0) is 14.1. The van der Waals surface area contributed by atoms with Gasteiger partial charge in [0.25, 0.3) is 0 Å². The van der Waals surface area contributed by atoms with Gasteiger partial charge in [-0.25, -0.2) is 4.79 Å². The molecule has 0 spiro atoms. The Morgan fingerprint density at radius 2 is 1.67 bits per heavy atom. The van der Waals surface area contributed by atoms with Crippen LogP contribution in [-0.2, 0) is 0 Å². The fourth-order valence-corrected chi connectivity index (χ4v) is 3.18. The van der Waals surface area contributed by atoms with Gasteiger partial charge in [0, 0.05) is 23.3 Å². The summed E-state index contributed by atoms with van der Waals surface area (Å²) in [6.45, 7) is 12.2. The molecule has 0 radical (unpaired) electrons. The molecular weight excluding hydrogens is 226 g/mol. The zero-order valence-corrected chi connectivity index (χ0v) is 12.5. The van der Waals surface area contributed by atoms with Crippen LogP contribution in [-0.4, -0.2) is 28.1 Å². The minimum Gasteiger partial charge on any atom is -0.328 e. The van der Waals surface area contributed by atoms with E-state index in [4.69, 9.17) is 5.73 Å². The molecule has 1 heterocycles. The Morgan fingerprint density at radius 3 is 2.06 bits per heavy atom. The monoisotopic (exact) mass is 253 g/mol. The maximum Gasteiger partial charge on any atom is 0.322 e. The molecule has 4 nitrogen and oxygen atoms in total. The van der Waals surface area contributed by atoms with Gasteiger partial charge < -0.3 is 16.0 Å². The average Bonchev–Trinajstić information content (AvgIpc) is 2.09. The molecule has 104 valence electrons. The number of piperidine rings is 1. The lowest BCUT2D eigenvalue weighted by Gasteiger charge is -2.54. The Labute approximate surface area is 111 Å². The van der Waals surface area contributed by atoms with Crippen molar-refractivity contribution in [3.8, 4) is 0 Å². The highest BCUT2D eigenvalue weighted by atomic mass is 16.2. The highest BCUT2D eigenvalue weighted by Crippen LogP contribution is 2.37. The summed E-state index contributed by atoms with van der Waals surface area (Å²) in [6, 6.07) is 0.112. The molecule has 0 atom stereocenters. The molecule has 4 heteroatoms. The minimum atomic E-state index is -0.221. The van der Waals surface area contributed by atoms with Gasteiger partial charge in [0.15, 0.2) is 0 Å². The second-order valence-electron chi connectivity index (χ2n) is 6.80. The maximum atomic E-state index is 12.4. The van der Waals surface area contributed by atoms with Crippen LogP contribution in [0.3, 0.4) is 0 Å². The minimum absolute atomic E-state index is 0.0434. The van der Waals surface area contributed by atoms with Gasteiger partial charge in [0.1, 0.15) is 0 Å². The van der Waals surface area contributed by atoms with Crippen molar-refractivity contribution in [1.29, 1.82) is 0 Å². The molecule has 1 aliphatic heterocycles. The van der Waals surface area contributed by atoms with Crippen LogP contribution < -0.4 is 11.1 Å². The molecule has 0 aliphatic carbocycles. The molecule has 3 N–H and O–H groups in total. The van der Waals surface area contributed by atoms with Crippen LogP contribution in [0.2, 0.25) is 0 Å². The summed E-state index contributed by atoms with van der Waals surface area (Å²) in [7, 11) is 0. The van der Waals surface area contributed by atoms with E-state index in [2.05, 4.69) is 33.0 Å². The van der Waals surface area contributed by atoms with Crippen molar-refractivity contribution in [3.05, 3.63) is 11.8 Å². The number of amides is 2. The standard InChI is InChI=1S/C14H27N3O/c1-10(2)9-16-12(18)17-13(3,4)7-11(15)8-14(17,5)6/h9,11H,7-8,15H2,1-6H3,(H,16,18). The Hall–Kier alpha value is -1.03. The van der Waals surface area contributed by atoms with Crippen molar-refractivity contribution in [2.24, 2.45) is 5.73 Å².